The lowest BCUT2D eigenvalue weighted by molar-refractivity contribution is -0.384. The monoisotopic (exact) mass is 429 g/mol. The van der Waals surface area contributed by atoms with E-state index in [1.54, 1.807) is 0 Å². The van der Waals surface area contributed by atoms with Crippen LogP contribution in [0.2, 0.25) is 0 Å². The number of ether oxygens (including phenoxy) is 2. The number of nitro groups is 1. The Hall–Kier alpha value is -4.53. The number of fused-ring (bicyclic) bond motifs is 3. The Morgan fingerprint density at radius 1 is 1.16 bits per heavy atom. The topological polar surface area (TPSA) is 118 Å². The van der Waals surface area contributed by atoms with Crippen LogP contribution < -0.4 is 4.74 Å². The molecule has 0 bridgehead atoms. The van der Waals surface area contributed by atoms with E-state index < -0.39 is 10.9 Å². The molecular formula is C23H15N3O6. The van der Waals surface area contributed by atoms with Gasteiger partial charge < -0.3 is 14.0 Å². The molecule has 158 valence electrons. The molecule has 9 nitrogen and oxygen atoms in total. The molecule has 0 saturated carbocycles. The highest BCUT2D eigenvalue weighted by molar-refractivity contribution is 5.98. The summed E-state index contributed by atoms with van der Waals surface area (Å²) >= 11 is 0. The first-order valence-electron chi connectivity index (χ1n) is 9.61. The molecule has 3 aromatic carbocycles. The second kappa shape index (κ2) is 7.62. The van der Waals surface area contributed by atoms with Crippen molar-refractivity contribution in [2.24, 2.45) is 0 Å². The number of esters is 1. The highest BCUT2D eigenvalue weighted by Gasteiger charge is 2.22. The number of benzene rings is 3. The van der Waals surface area contributed by atoms with Crippen LogP contribution in [-0.2, 0) is 4.74 Å². The summed E-state index contributed by atoms with van der Waals surface area (Å²) in [6.07, 6.45) is 1.95. The molecular weight excluding hydrogens is 414 g/mol. The number of hydrogen-bond acceptors (Lipinski definition) is 8. The molecule has 5 rings (SSSR count). The second-order valence-corrected chi connectivity index (χ2v) is 7.10. The van der Waals surface area contributed by atoms with Crippen molar-refractivity contribution in [3.05, 3.63) is 81.7 Å². The molecule has 2 heterocycles. The molecule has 9 heteroatoms. The van der Waals surface area contributed by atoms with Gasteiger partial charge in [0.1, 0.15) is 12.4 Å². The van der Waals surface area contributed by atoms with E-state index in [9.17, 15) is 14.9 Å². The Kier molecular flexibility index (Phi) is 4.63. The van der Waals surface area contributed by atoms with E-state index in [-0.39, 0.29) is 29.3 Å². The molecule has 0 amide bonds. The van der Waals surface area contributed by atoms with Crippen LogP contribution in [0.5, 0.6) is 5.75 Å². The third-order valence-electron chi connectivity index (χ3n) is 5.14. The largest absolute Gasteiger partial charge is 0.488 e. The Morgan fingerprint density at radius 2 is 2.00 bits per heavy atom. The van der Waals surface area contributed by atoms with Crippen molar-refractivity contribution in [1.29, 1.82) is 0 Å². The summed E-state index contributed by atoms with van der Waals surface area (Å²) in [6, 6.07) is 15.7. The van der Waals surface area contributed by atoms with Gasteiger partial charge in [0, 0.05) is 28.8 Å². The van der Waals surface area contributed by atoms with Gasteiger partial charge in [-0.1, -0.05) is 35.5 Å². The molecule has 0 spiro atoms. The lowest BCUT2D eigenvalue weighted by Crippen LogP contribution is -2.08. The maximum absolute atomic E-state index is 11.9. The minimum Gasteiger partial charge on any atom is -0.488 e. The zero-order valence-corrected chi connectivity index (χ0v) is 16.8. The predicted molar refractivity (Wildman–Crippen MR) is 115 cm³/mol. The average Bonchev–Trinajstić information content (AvgIpc) is 3.33. The Bertz CT molecular complexity index is 1420. The summed E-state index contributed by atoms with van der Waals surface area (Å²) in [4.78, 5) is 27.0. The van der Waals surface area contributed by atoms with E-state index >= 15 is 0 Å². The maximum Gasteiger partial charge on any atom is 0.338 e. The molecule has 0 aliphatic carbocycles. The Labute approximate surface area is 181 Å². The lowest BCUT2D eigenvalue weighted by Gasteiger charge is -2.17. The highest BCUT2D eigenvalue weighted by Crippen LogP contribution is 2.35. The van der Waals surface area contributed by atoms with E-state index in [0.29, 0.717) is 11.4 Å². The third kappa shape index (κ3) is 3.35. The first-order chi connectivity index (χ1) is 15.5. The first kappa shape index (κ1) is 19.4. The average molecular weight is 429 g/mol. The molecule has 0 atom stereocenters. The van der Waals surface area contributed by atoms with Gasteiger partial charge in [0.05, 0.1) is 17.6 Å². The number of aromatic nitrogens is 2. The summed E-state index contributed by atoms with van der Waals surface area (Å²) < 4.78 is 15.9. The summed E-state index contributed by atoms with van der Waals surface area (Å²) in [5.41, 5.74) is 1.57. The molecule has 32 heavy (non-hydrogen) atoms. The minimum absolute atomic E-state index is 0.0112. The van der Waals surface area contributed by atoms with E-state index in [1.807, 2.05) is 42.5 Å². The zero-order valence-electron chi connectivity index (χ0n) is 16.8. The van der Waals surface area contributed by atoms with Crippen molar-refractivity contribution < 1.29 is 23.7 Å². The molecule has 1 aliphatic heterocycles. The molecule has 1 aromatic heterocycles. The molecule has 0 unspecified atom stereocenters. The van der Waals surface area contributed by atoms with E-state index in [4.69, 9.17) is 9.26 Å². The molecule has 0 fully saturated rings. The van der Waals surface area contributed by atoms with E-state index in [0.717, 1.165) is 28.2 Å². The van der Waals surface area contributed by atoms with Crippen molar-refractivity contribution in [3.63, 3.8) is 0 Å². The first-order valence-corrected chi connectivity index (χ1v) is 9.61. The fourth-order valence-corrected chi connectivity index (χ4v) is 3.60. The van der Waals surface area contributed by atoms with Gasteiger partial charge in [-0.05, 0) is 29.0 Å². The number of hydrogen-bond donors (Lipinski definition) is 0. The SMILES string of the molecule is COC(=O)c1cc(-c2nc(C3=Cc4c(ccc5ccccc45)OC3)no2)cc([N+](=O)[O-])c1. The van der Waals surface area contributed by atoms with Gasteiger partial charge in [0.15, 0.2) is 0 Å². The van der Waals surface area contributed by atoms with E-state index in [1.165, 1.54) is 19.2 Å². The quantitative estimate of drug-likeness (QED) is 0.264. The van der Waals surface area contributed by atoms with Gasteiger partial charge in [-0.15, -0.1) is 0 Å². The number of non-ortho nitro benzene ring substituents is 1. The van der Waals surface area contributed by atoms with Crippen LogP contribution in [0.4, 0.5) is 5.69 Å². The van der Waals surface area contributed by atoms with Crippen molar-refractivity contribution in [2.45, 2.75) is 0 Å². The van der Waals surface area contributed by atoms with Gasteiger partial charge in [-0.25, -0.2) is 4.79 Å². The summed E-state index contributed by atoms with van der Waals surface area (Å²) in [6.45, 7) is 0.243. The van der Waals surface area contributed by atoms with Crippen molar-refractivity contribution >= 4 is 34.1 Å². The van der Waals surface area contributed by atoms with Crippen LogP contribution in [-0.4, -0.2) is 34.7 Å². The number of nitro benzene ring substituents is 1. The number of methoxy groups -OCH3 is 1. The van der Waals surface area contributed by atoms with Crippen LogP contribution in [0.1, 0.15) is 21.7 Å². The summed E-state index contributed by atoms with van der Waals surface area (Å²) in [7, 11) is 1.20. The Balaban J connectivity index is 1.56. The highest BCUT2D eigenvalue weighted by atomic mass is 16.6. The van der Waals surface area contributed by atoms with Crippen molar-refractivity contribution in [2.75, 3.05) is 13.7 Å². The fraction of sp³-hybridized carbons (Fsp3) is 0.0870. The van der Waals surface area contributed by atoms with Gasteiger partial charge in [-0.3, -0.25) is 10.1 Å². The van der Waals surface area contributed by atoms with Crippen LogP contribution in [0.15, 0.2) is 59.1 Å². The minimum atomic E-state index is -0.707. The molecule has 1 aliphatic rings. The second-order valence-electron chi connectivity index (χ2n) is 7.10. The predicted octanol–water partition coefficient (Wildman–Crippen LogP) is 4.52. The smallest absolute Gasteiger partial charge is 0.338 e. The molecule has 0 N–H and O–H groups in total. The normalized spacial score (nSPS) is 12.6. The maximum atomic E-state index is 11.9. The van der Waals surface area contributed by atoms with Crippen molar-refractivity contribution in [1.82, 2.24) is 10.1 Å². The van der Waals surface area contributed by atoms with Gasteiger partial charge in [-0.2, -0.15) is 4.98 Å². The standard InChI is InChI=1S/C23H15N3O6/c1-30-23(27)15-8-14(9-17(10-15)26(28)29)22-24-21(25-32-22)16-11-19-18-5-3-2-4-13(18)6-7-20(19)31-12-16/h2-11H,12H2,1H3. The number of carbonyl (C=O) groups excluding carboxylic acids is 1. The Morgan fingerprint density at radius 3 is 2.81 bits per heavy atom. The zero-order chi connectivity index (χ0) is 22.2. The third-order valence-corrected chi connectivity index (χ3v) is 5.14. The number of rotatable bonds is 4. The van der Waals surface area contributed by atoms with Crippen molar-refractivity contribution in [3.8, 4) is 17.2 Å². The van der Waals surface area contributed by atoms with Crippen LogP contribution in [0.25, 0.3) is 33.9 Å². The van der Waals surface area contributed by atoms with Gasteiger partial charge in [0.2, 0.25) is 5.82 Å². The number of nitrogens with zero attached hydrogens (tertiary/aromatic N) is 3. The molecule has 0 saturated heterocycles. The summed E-state index contributed by atoms with van der Waals surface area (Å²) in [5.74, 6) is 0.391. The van der Waals surface area contributed by atoms with Gasteiger partial charge in [0.25, 0.3) is 11.6 Å². The van der Waals surface area contributed by atoms with Crippen LogP contribution >= 0.6 is 0 Å². The fourth-order valence-electron chi connectivity index (χ4n) is 3.60. The molecule has 4 aromatic rings. The number of carbonyl (C=O) groups is 1. The molecule has 0 radical (unpaired) electrons. The van der Waals surface area contributed by atoms with E-state index in [2.05, 4.69) is 14.9 Å². The lowest BCUT2D eigenvalue weighted by atomic mass is 9.99. The van der Waals surface area contributed by atoms with Gasteiger partial charge >= 0.3 is 5.97 Å². The summed E-state index contributed by atoms with van der Waals surface area (Å²) in [5, 5.41) is 17.4. The van der Waals surface area contributed by atoms with Crippen LogP contribution in [0.3, 0.4) is 0 Å². The van der Waals surface area contributed by atoms with Crippen LogP contribution in [0, 0.1) is 10.1 Å².